The first-order valence-electron chi connectivity index (χ1n) is 30.6. The number of rotatable bonds is 17. The second kappa shape index (κ2) is 30.9. The maximum Gasteiger partial charge on any atom is 0.231 e. The monoisotopic (exact) mass is 1210 g/mol. The quantitative estimate of drug-likeness (QED) is 0.152. The number of carbonyl (C=O) groups excluding carboxylic acids is 7. The molecule has 7 aliphatic rings. The van der Waals surface area contributed by atoms with Crippen molar-refractivity contribution in [2.45, 2.75) is 125 Å². The second-order valence-electron chi connectivity index (χ2n) is 25.1. The standard InChI is InChI=1S/C19H26N2O4.C18H24N2O4.C15H18N2O4.C10H20N2O.C3H9N/c1-12(17(22)13-6-7-15-16(8-13)25-11-24-15)20(5)18(23)14-9-21(10-14)19(2,3)4;1-4-7-20-9-14(10-20)18(22)19(3)12(2)17(21)13-5-6-15-16(8-13)24-11-23-15;1-9(17(2)15(19)11-6-16-7-11)14(18)10-3-4-12-13(5-10)21-8-20-12;1-5-12-6-9(7-12)10(13)11(4)8(2)3;1-3(2)4/h6-8,12,14H,9-11H2,1-5H3;5-6,8,12,14H,4,7,9-11H2,1-3H3;3-5,9,11,16H,6-8H2,1-2H3;8-9H,5-7H2,1-4H3;3H,4H2,1-2H3. The second-order valence-corrected chi connectivity index (χ2v) is 25.1. The van der Waals surface area contributed by atoms with Crippen LogP contribution in [-0.4, -0.2) is 225 Å². The van der Waals surface area contributed by atoms with Crippen LogP contribution in [0.5, 0.6) is 34.5 Å². The van der Waals surface area contributed by atoms with Gasteiger partial charge in [0.2, 0.25) is 44.0 Å². The Hall–Kier alpha value is -6.85. The van der Waals surface area contributed by atoms with Crippen LogP contribution in [-0.2, 0) is 19.2 Å². The minimum atomic E-state index is -0.517. The minimum Gasteiger partial charge on any atom is -0.454 e. The summed E-state index contributed by atoms with van der Waals surface area (Å²) in [6.45, 7) is 32.9. The molecule has 3 N–H and O–H groups in total. The van der Waals surface area contributed by atoms with E-state index in [1.807, 2.05) is 39.6 Å². The molecule has 7 heterocycles. The molecule has 0 aliphatic carbocycles. The van der Waals surface area contributed by atoms with Crippen molar-refractivity contribution in [1.29, 1.82) is 0 Å². The molecule has 3 aromatic rings. The third kappa shape index (κ3) is 17.7. The van der Waals surface area contributed by atoms with E-state index in [9.17, 15) is 33.6 Å². The van der Waals surface area contributed by atoms with Crippen molar-refractivity contribution >= 4 is 41.0 Å². The topological polar surface area (TPSA) is 236 Å². The van der Waals surface area contributed by atoms with Gasteiger partial charge in [-0.3, -0.25) is 38.5 Å². The number of nitrogens with one attached hydrogen (secondary N) is 1. The van der Waals surface area contributed by atoms with Gasteiger partial charge in [-0.05, 0) is 136 Å². The molecule has 0 aromatic heterocycles. The van der Waals surface area contributed by atoms with Crippen LogP contribution in [0.1, 0.15) is 121 Å². The lowest BCUT2D eigenvalue weighted by Gasteiger charge is -2.48. The summed E-state index contributed by atoms with van der Waals surface area (Å²) in [5.74, 6) is 3.99. The highest BCUT2D eigenvalue weighted by Gasteiger charge is 2.42. The predicted octanol–water partition coefficient (Wildman–Crippen LogP) is 5.78. The lowest BCUT2D eigenvalue weighted by atomic mass is 9.91. The first-order valence-corrected chi connectivity index (χ1v) is 30.6. The number of Topliss-reactive ketones (excluding diaryl/α,β-unsaturated/α-hetero) is 3. The van der Waals surface area contributed by atoms with E-state index < -0.39 is 18.1 Å². The van der Waals surface area contributed by atoms with E-state index in [0.29, 0.717) is 82.3 Å². The van der Waals surface area contributed by atoms with Gasteiger partial charge in [0, 0.05) is 109 Å². The maximum absolute atomic E-state index is 12.7. The van der Waals surface area contributed by atoms with Gasteiger partial charge in [-0.15, -0.1) is 0 Å². The molecule has 3 unspecified atom stereocenters. The SMILES string of the molecule is CC(C(=O)c1ccc2c(c1)OCO2)N(C)C(=O)C1CN(C(C)(C)C)C1.CC(C(=O)c1ccc2c(c1)OCO2)N(C)C(=O)C1CNC1.CC(C)N.CCCN1CC(C(=O)N(C)C(C)C(=O)c2ccc3c(c2)OCO3)C1.CCN1CC(C(=O)N(C)C(C)C)C1. The van der Waals surface area contributed by atoms with Crippen LogP contribution in [0.3, 0.4) is 0 Å². The van der Waals surface area contributed by atoms with Crippen molar-refractivity contribution in [2.75, 3.05) is 114 Å². The molecule has 0 bridgehead atoms. The first kappa shape index (κ1) is 69.3. The molecule has 4 saturated heterocycles. The van der Waals surface area contributed by atoms with Crippen molar-refractivity contribution in [1.82, 2.24) is 39.6 Å². The van der Waals surface area contributed by atoms with Crippen molar-refractivity contribution in [3.05, 3.63) is 71.3 Å². The summed E-state index contributed by atoms with van der Waals surface area (Å²) < 4.78 is 31.7. The van der Waals surface area contributed by atoms with Crippen LogP contribution in [0.2, 0.25) is 0 Å². The molecule has 480 valence electrons. The predicted molar refractivity (Wildman–Crippen MR) is 332 cm³/mol. The molecule has 7 aliphatic heterocycles. The Labute approximate surface area is 515 Å². The summed E-state index contributed by atoms with van der Waals surface area (Å²) in [7, 11) is 6.98. The normalized spacial score (nSPS) is 17.9. The van der Waals surface area contributed by atoms with Crippen molar-refractivity contribution in [3.8, 4) is 34.5 Å². The zero-order valence-electron chi connectivity index (χ0n) is 54.3. The van der Waals surface area contributed by atoms with Crippen LogP contribution < -0.4 is 39.5 Å². The highest BCUT2D eigenvalue weighted by Crippen LogP contribution is 2.36. The molecule has 0 radical (unpaired) electrons. The van der Waals surface area contributed by atoms with Gasteiger partial charge in [-0.1, -0.05) is 27.7 Å². The van der Waals surface area contributed by atoms with E-state index in [0.717, 1.165) is 58.8 Å². The van der Waals surface area contributed by atoms with Gasteiger partial charge in [0.1, 0.15) is 0 Å². The fourth-order valence-electron chi connectivity index (χ4n) is 10.2. The minimum absolute atomic E-state index is 0.00792. The number of nitrogens with zero attached hydrogens (tertiary/aromatic N) is 7. The van der Waals surface area contributed by atoms with Gasteiger partial charge in [-0.2, -0.15) is 0 Å². The number of benzene rings is 3. The average molecular weight is 1210 g/mol. The number of ether oxygens (including phenoxy) is 6. The molecule has 22 heteroatoms. The Balaban J connectivity index is 0.000000185. The van der Waals surface area contributed by atoms with Crippen molar-refractivity contribution < 1.29 is 62.0 Å². The van der Waals surface area contributed by atoms with Gasteiger partial charge in [0.25, 0.3) is 0 Å². The third-order valence-electron chi connectivity index (χ3n) is 16.9. The van der Waals surface area contributed by atoms with Crippen LogP contribution >= 0.6 is 0 Å². The van der Waals surface area contributed by atoms with Gasteiger partial charge >= 0.3 is 0 Å². The summed E-state index contributed by atoms with van der Waals surface area (Å²) in [6.07, 6.45) is 1.09. The number of fused-ring (bicyclic) bond motifs is 3. The maximum atomic E-state index is 12.7. The van der Waals surface area contributed by atoms with E-state index in [1.54, 1.807) is 106 Å². The largest absolute Gasteiger partial charge is 0.454 e. The van der Waals surface area contributed by atoms with Gasteiger partial charge in [0.05, 0.1) is 41.8 Å². The molecule has 87 heavy (non-hydrogen) atoms. The summed E-state index contributed by atoms with van der Waals surface area (Å²) >= 11 is 0. The number of likely N-dealkylation sites (N-methyl/N-ethyl adjacent to an activating group) is 3. The Kier molecular flexibility index (Phi) is 24.6. The summed E-state index contributed by atoms with van der Waals surface area (Å²) in [5, 5.41) is 3.06. The number of likely N-dealkylation sites (tertiary alicyclic amines) is 3. The van der Waals surface area contributed by atoms with Crippen LogP contribution in [0.25, 0.3) is 0 Å². The van der Waals surface area contributed by atoms with E-state index in [1.165, 1.54) is 4.90 Å². The molecule has 4 amide bonds. The summed E-state index contributed by atoms with van der Waals surface area (Å²) in [4.78, 5) is 100. The summed E-state index contributed by atoms with van der Waals surface area (Å²) in [6, 6.07) is 14.5. The molecule has 0 saturated carbocycles. The molecular weight excluding hydrogens is 1110 g/mol. The molecular formula is C65H97N9O13. The Morgan fingerprint density at radius 2 is 0.805 bits per heavy atom. The van der Waals surface area contributed by atoms with E-state index in [-0.39, 0.29) is 84.7 Å². The number of ketones is 3. The zero-order chi connectivity index (χ0) is 64.2. The number of carbonyl (C=O) groups is 7. The van der Waals surface area contributed by atoms with E-state index >= 15 is 0 Å². The van der Waals surface area contributed by atoms with Crippen LogP contribution in [0.15, 0.2) is 54.6 Å². The molecule has 22 nitrogen and oxygen atoms in total. The highest BCUT2D eigenvalue weighted by atomic mass is 16.7. The lowest BCUT2D eigenvalue weighted by molar-refractivity contribution is -0.143. The summed E-state index contributed by atoms with van der Waals surface area (Å²) in [5.41, 5.74) is 6.77. The number of amides is 4. The Morgan fingerprint density at radius 1 is 0.494 bits per heavy atom. The molecule has 3 aromatic carbocycles. The first-order chi connectivity index (χ1) is 41.1. The Morgan fingerprint density at radius 3 is 1.10 bits per heavy atom. The van der Waals surface area contributed by atoms with Crippen molar-refractivity contribution in [2.24, 2.45) is 29.4 Å². The number of hydrogen-bond donors (Lipinski definition) is 2. The van der Waals surface area contributed by atoms with E-state index in [4.69, 9.17) is 34.2 Å². The van der Waals surface area contributed by atoms with Gasteiger partial charge in [0.15, 0.2) is 51.8 Å². The smallest absolute Gasteiger partial charge is 0.231 e. The van der Waals surface area contributed by atoms with Crippen LogP contribution in [0.4, 0.5) is 0 Å². The Bertz CT molecular complexity index is 2870. The average Bonchev–Trinajstić information content (AvgIpc) is 3.13. The molecule has 3 atom stereocenters. The highest BCUT2D eigenvalue weighted by molar-refractivity contribution is 6.04. The molecule has 4 fully saturated rings. The van der Waals surface area contributed by atoms with Crippen molar-refractivity contribution in [3.63, 3.8) is 0 Å². The fraction of sp³-hybridized carbons (Fsp3) is 0.615. The van der Waals surface area contributed by atoms with Gasteiger partial charge in [-0.25, -0.2) is 0 Å². The molecule has 0 spiro atoms. The van der Waals surface area contributed by atoms with E-state index in [2.05, 4.69) is 54.6 Å². The lowest BCUT2D eigenvalue weighted by Crippen LogP contribution is -2.61. The molecule has 10 rings (SSSR count). The van der Waals surface area contributed by atoms with Crippen LogP contribution in [0, 0.1) is 23.7 Å². The third-order valence-corrected chi connectivity index (χ3v) is 16.9. The zero-order valence-corrected chi connectivity index (χ0v) is 54.3. The number of hydrogen-bond acceptors (Lipinski definition) is 18. The fourth-order valence-corrected chi connectivity index (χ4v) is 10.2. The number of nitrogens with two attached hydrogens (primary N) is 1. The van der Waals surface area contributed by atoms with Gasteiger partial charge < -0.3 is 68.9 Å².